The predicted molar refractivity (Wildman–Crippen MR) is 117 cm³/mol. The summed E-state index contributed by atoms with van der Waals surface area (Å²) in [5.41, 5.74) is 1.22. The van der Waals surface area contributed by atoms with Crippen LogP contribution in [0.2, 0.25) is 0 Å². The number of rotatable bonds is 8. The number of nitrogens with one attached hydrogen (secondary N) is 2. The smallest absolute Gasteiger partial charge is 0.191 e. The lowest BCUT2D eigenvalue weighted by Crippen LogP contribution is -2.40. The molecule has 0 aliphatic heterocycles. The van der Waals surface area contributed by atoms with Gasteiger partial charge in [0.1, 0.15) is 12.4 Å². The Hall–Kier alpha value is -1.35. The molecule has 0 amide bonds. The third-order valence-electron chi connectivity index (χ3n) is 3.53. The van der Waals surface area contributed by atoms with Crippen LogP contribution in [0.3, 0.4) is 0 Å². The van der Waals surface area contributed by atoms with Crippen LogP contribution >= 0.6 is 35.3 Å². The molecule has 0 fully saturated rings. The van der Waals surface area contributed by atoms with Gasteiger partial charge in [-0.25, -0.2) is 4.98 Å². The molecule has 7 heteroatoms. The van der Waals surface area contributed by atoms with E-state index in [1.54, 1.807) is 18.4 Å². The van der Waals surface area contributed by atoms with E-state index < -0.39 is 0 Å². The summed E-state index contributed by atoms with van der Waals surface area (Å²) in [7, 11) is 1.77. The molecule has 2 rings (SSSR count). The lowest BCUT2D eigenvalue weighted by molar-refractivity contribution is 0.322. The molecule has 2 N–H and O–H groups in total. The molecule has 1 aromatic heterocycles. The summed E-state index contributed by atoms with van der Waals surface area (Å²) in [5.74, 6) is 1.67. The van der Waals surface area contributed by atoms with E-state index in [1.165, 1.54) is 15.6 Å². The molecule has 0 aliphatic carbocycles. The van der Waals surface area contributed by atoms with Gasteiger partial charge in [0, 0.05) is 24.9 Å². The molecule has 0 atom stereocenters. The van der Waals surface area contributed by atoms with Crippen LogP contribution in [0.25, 0.3) is 0 Å². The quantitative estimate of drug-likeness (QED) is 0.267. The summed E-state index contributed by atoms with van der Waals surface area (Å²) in [6.07, 6.45) is 1.91. The number of ether oxygens (including phenoxy) is 1. The fourth-order valence-corrected chi connectivity index (χ4v) is 3.31. The normalized spacial score (nSPS) is 10.9. The molecule has 1 aromatic carbocycles. The van der Waals surface area contributed by atoms with Crippen LogP contribution in [0.4, 0.5) is 0 Å². The third kappa shape index (κ3) is 7.60. The van der Waals surface area contributed by atoms with E-state index in [-0.39, 0.29) is 24.0 Å². The van der Waals surface area contributed by atoms with Gasteiger partial charge in [0.05, 0.1) is 17.2 Å². The fraction of sp³-hybridized carbons (Fsp3) is 0.444. The van der Waals surface area contributed by atoms with Crippen molar-refractivity contribution in [2.75, 3.05) is 26.7 Å². The second kappa shape index (κ2) is 12.1. The monoisotopic (exact) mass is 474 g/mol. The maximum absolute atomic E-state index is 5.65. The van der Waals surface area contributed by atoms with Crippen LogP contribution in [0.5, 0.6) is 5.75 Å². The lowest BCUT2D eigenvalue weighted by atomic mass is 10.3. The number of thiazole rings is 1. The number of guanidine groups is 1. The highest BCUT2D eigenvalue weighted by Gasteiger charge is 2.06. The Bertz CT molecular complexity index is 646. The highest BCUT2D eigenvalue weighted by molar-refractivity contribution is 14.0. The third-order valence-corrected chi connectivity index (χ3v) is 4.61. The van der Waals surface area contributed by atoms with E-state index >= 15 is 0 Å². The number of aromatic nitrogens is 1. The van der Waals surface area contributed by atoms with Gasteiger partial charge in [0.2, 0.25) is 0 Å². The van der Waals surface area contributed by atoms with Gasteiger partial charge in [0.25, 0.3) is 0 Å². The van der Waals surface area contributed by atoms with Crippen LogP contribution in [0, 0.1) is 6.92 Å². The fourth-order valence-electron chi connectivity index (χ4n) is 2.29. The Morgan fingerprint density at radius 2 is 1.92 bits per heavy atom. The van der Waals surface area contributed by atoms with E-state index in [9.17, 15) is 0 Å². The second-order valence-corrected chi connectivity index (χ2v) is 6.59. The first kappa shape index (κ1) is 21.7. The van der Waals surface area contributed by atoms with Crippen LogP contribution in [0.15, 0.2) is 35.3 Å². The molecular formula is C18H27IN4OS. The number of para-hydroxylation sites is 1. The first-order chi connectivity index (χ1) is 11.7. The zero-order valence-corrected chi connectivity index (χ0v) is 18.2. The van der Waals surface area contributed by atoms with Gasteiger partial charge in [-0.3, -0.25) is 4.99 Å². The van der Waals surface area contributed by atoms with E-state index in [0.29, 0.717) is 13.2 Å². The zero-order valence-electron chi connectivity index (χ0n) is 15.0. The highest BCUT2D eigenvalue weighted by atomic mass is 127. The molecule has 0 radical (unpaired) electrons. The number of aryl methyl sites for hydroxylation is 2. The molecule has 5 nitrogen and oxygen atoms in total. The summed E-state index contributed by atoms with van der Waals surface area (Å²) in [5, 5.41) is 7.74. The van der Waals surface area contributed by atoms with Crippen molar-refractivity contribution >= 4 is 41.3 Å². The van der Waals surface area contributed by atoms with Crippen molar-refractivity contribution in [2.45, 2.75) is 26.7 Å². The van der Waals surface area contributed by atoms with Gasteiger partial charge in [-0.2, -0.15) is 0 Å². The Morgan fingerprint density at radius 1 is 1.20 bits per heavy atom. The maximum atomic E-state index is 5.65. The van der Waals surface area contributed by atoms with Gasteiger partial charge in [-0.15, -0.1) is 35.3 Å². The van der Waals surface area contributed by atoms with E-state index in [1.807, 2.05) is 30.3 Å². The average Bonchev–Trinajstić information content (AvgIpc) is 2.97. The van der Waals surface area contributed by atoms with Gasteiger partial charge >= 0.3 is 0 Å². The maximum Gasteiger partial charge on any atom is 0.191 e. The molecule has 138 valence electrons. The summed E-state index contributed by atoms with van der Waals surface area (Å²) in [4.78, 5) is 10.2. The number of halogens is 1. The number of hydrogen-bond acceptors (Lipinski definition) is 4. The van der Waals surface area contributed by atoms with E-state index in [2.05, 4.69) is 34.5 Å². The van der Waals surface area contributed by atoms with Gasteiger partial charge in [-0.05, 0) is 25.5 Å². The molecule has 25 heavy (non-hydrogen) atoms. The van der Waals surface area contributed by atoms with Crippen molar-refractivity contribution in [2.24, 2.45) is 4.99 Å². The summed E-state index contributed by atoms with van der Waals surface area (Å²) in [6.45, 7) is 6.39. The molecule has 0 bridgehead atoms. The Balaban J connectivity index is 0.00000312. The minimum atomic E-state index is 0. The number of hydrogen-bond donors (Lipinski definition) is 2. The lowest BCUT2D eigenvalue weighted by Gasteiger charge is -2.12. The Kier molecular flexibility index (Phi) is 10.5. The molecular weight excluding hydrogens is 447 g/mol. The number of benzene rings is 1. The molecule has 0 saturated carbocycles. The average molecular weight is 474 g/mol. The largest absolute Gasteiger partial charge is 0.492 e. The minimum Gasteiger partial charge on any atom is -0.492 e. The summed E-state index contributed by atoms with van der Waals surface area (Å²) in [6, 6.07) is 9.81. The van der Waals surface area contributed by atoms with Crippen LogP contribution < -0.4 is 15.4 Å². The number of nitrogens with zero attached hydrogens (tertiary/aromatic N) is 2. The predicted octanol–water partition coefficient (Wildman–Crippen LogP) is 3.42. The second-order valence-electron chi connectivity index (χ2n) is 5.30. The topological polar surface area (TPSA) is 58.5 Å². The molecule has 0 aliphatic rings. The molecule has 0 spiro atoms. The highest BCUT2D eigenvalue weighted by Crippen LogP contribution is 2.17. The van der Waals surface area contributed by atoms with Gasteiger partial charge < -0.3 is 15.4 Å². The standard InChI is InChI=1S/C18H26N4OS.HI/c1-4-16-14(2)24-17(22-16)10-11-20-18(19-3)21-12-13-23-15-8-6-5-7-9-15;/h5-9H,4,10-13H2,1-3H3,(H2,19,20,21);1H. The van der Waals surface area contributed by atoms with Crippen molar-refractivity contribution in [3.05, 3.63) is 45.9 Å². The molecule has 0 unspecified atom stereocenters. The minimum absolute atomic E-state index is 0. The Morgan fingerprint density at radius 3 is 2.56 bits per heavy atom. The molecule has 2 aromatic rings. The molecule has 0 saturated heterocycles. The van der Waals surface area contributed by atoms with Crippen molar-refractivity contribution in [1.29, 1.82) is 0 Å². The van der Waals surface area contributed by atoms with Crippen LogP contribution in [-0.2, 0) is 12.8 Å². The van der Waals surface area contributed by atoms with Crippen molar-refractivity contribution in [3.63, 3.8) is 0 Å². The van der Waals surface area contributed by atoms with E-state index in [0.717, 1.165) is 31.1 Å². The van der Waals surface area contributed by atoms with Crippen molar-refractivity contribution < 1.29 is 4.74 Å². The molecule has 1 heterocycles. The van der Waals surface area contributed by atoms with Crippen LogP contribution in [-0.4, -0.2) is 37.7 Å². The van der Waals surface area contributed by atoms with Crippen molar-refractivity contribution in [3.8, 4) is 5.75 Å². The Labute approximate surface area is 171 Å². The summed E-state index contributed by atoms with van der Waals surface area (Å²) >= 11 is 1.79. The first-order valence-corrected chi connectivity index (χ1v) is 9.12. The van der Waals surface area contributed by atoms with Crippen LogP contribution in [0.1, 0.15) is 22.5 Å². The zero-order chi connectivity index (χ0) is 17.2. The summed E-state index contributed by atoms with van der Waals surface area (Å²) < 4.78 is 5.65. The van der Waals surface area contributed by atoms with Gasteiger partial charge in [-0.1, -0.05) is 25.1 Å². The van der Waals surface area contributed by atoms with E-state index in [4.69, 9.17) is 4.74 Å². The first-order valence-electron chi connectivity index (χ1n) is 8.30. The van der Waals surface area contributed by atoms with Crippen molar-refractivity contribution in [1.82, 2.24) is 15.6 Å². The number of aliphatic imine (C=N–C) groups is 1. The van der Waals surface area contributed by atoms with Gasteiger partial charge in [0.15, 0.2) is 5.96 Å². The SMILES string of the molecule is CCc1nc(CCNC(=NC)NCCOc2ccccc2)sc1C.I.